The maximum Gasteiger partial charge on any atom is 0.314 e. The van der Waals surface area contributed by atoms with Crippen LogP contribution in [0, 0.1) is 5.41 Å². The third-order valence-electron chi connectivity index (χ3n) is 5.01. The third kappa shape index (κ3) is 3.96. The molecule has 1 fully saturated rings. The van der Waals surface area contributed by atoms with Gasteiger partial charge in [-0.25, -0.2) is 4.79 Å². The normalized spacial score (nSPS) is 22.8. The lowest BCUT2D eigenvalue weighted by molar-refractivity contribution is -0.122. The van der Waals surface area contributed by atoms with Crippen molar-refractivity contribution in [2.24, 2.45) is 5.41 Å². The Kier molecular flexibility index (Phi) is 5.18. The molecule has 5 heteroatoms. The molecule has 3 amide bonds. The Balaban J connectivity index is 1.47. The number of hydrogen-bond acceptors (Lipinski definition) is 2. The Hall–Kier alpha value is -2.30. The predicted molar refractivity (Wildman–Crippen MR) is 93.3 cm³/mol. The first-order valence-electron chi connectivity index (χ1n) is 8.74. The van der Waals surface area contributed by atoms with Crippen LogP contribution in [0.1, 0.15) is 37.7 Å². The monoisotopic (exact) mass is 327 g/mol. The fourth-order valence-corrected chi connectivity index (χ4v) is 3.60. The smallest absolute Gasteiger partial charge is 0.314 e. The van der Waals surface area contributed by atoms with Crippen LogP contribution in [0.15, 0.2) is 42.1 Å². The molecule has 0 spiro atoms. The van der Waals surface area contributed by atoms with E-state index in [-0.39, 0.29) is 17.4 Å². The van der Waals surface area contributed by atoms with Crippen LogP contribution in [0.25, 0.3) is 0 Å². The van der Waals surface area contributed by atoms with E-state index < -0.39 is 0 Å². The fraction of sp³-hybridized carbons (Fsp3) is 0.474. The topological polar surface area (TPSA) is 70.2 Å². The van der Waals surface area contributed by atoms with E-state index in [1.165, 1.54) is 5.56 Å². The standard InChI is InChI=1S/C19H25N3O2/c23-17-9-12-19(11-5-4-8-16(19)22-17)14-21-18(24)20-13-10-15-6-2-1-3-7-15/h1-3,6-8H,4-5,9-14H2,(H,22,23)(H2,20,21,24). The number of carbonyl (C=O) groups is 2. The van der Waals surface area contributed by atoms with E-state index in [2.05, 4.69) is 34.2 Å². The summed E-state index contributed by atoms with van der Waals surface area (Å²) < 4.78 is 0. The lowest BCUT2D eigenvalue weighted by Crippen LogP contribution is -2.50. The largest absolute Gasteiger partial charge is 0.338 e. The highest BCUT2D eigenvalue weighted by Crippen LogP contribution is 2.42. The van der Waals surface area contributed by atoms with E-state index in [9.17, 15) is 9.59 Å². The van der Waals surface area contributed by atoms with Crippen molar-refractivity contribution in [1.82, 2.24) is 16.0 Å². The number of amides is 3. The summed E-state index contributed by atoms with van der Waals surface area (Å²) in [4.78, 5) is 23.7. The molecule has 1 aliphatic carbocycles. The molecule has 128 valence electrons. The molecule has 1 aliphatic heterocycles. The van der Waals surface area contributed by atoms with E-state index in [0.29, 0.717) is 19.5 Å². The third-order valence-corrected chi connectivity index (χ3v) is 5.01. The van der Waals surface area contributed by atoms with Gasteiger partial charge in [-0.3, -0.25) is 4.79 Å². The number of fused-ring (bicyclic) bond motifs is 1. The van der Waals surface area contributed by atoms with Gasteiger partial charge in [0.15, 0.2) is 0 Å². The number of piperidine rings is 1. The summed E-state index contributed by atoms with van der Waals surface area (Å²) in [5, 5.41) is 8.91. The van der Waals surface area contributed by atoms with E-state index in [0.717, 1.165) is 37.8 Å². The molecule has 3 N–H and O–H groups in total. The molecule has 5 nitrogen and oxygen atoms in total. The fourth-order valence-electron chi connectivity index (χ4n) is 3.60. The minimum Gasteiger partial charge on any atom is -0.338 e. The van der Waals surface area contributed by atoms with Gasteiger partial charge in [0.25, 0.3) is 0 Å². The van der Waals surface area contributed by atoms with Crippen molar-refractivity contribution >= 4 is 11.9 Å². The quantitative estimate of drug-likeness (QED) is 0.777. The first-order valence-corrected chi connectivity index (χ1v) is 8.74. The van der Waals surface area contributed by atoms with Crippen molar-refractivity contribution < 1.29 is 9.59 Å². The van der Waals surface area contributed by atoms with Gasteiger partial charge in [0, 0.05) is 30.6 Å². The van der Waals surface area contributed by atoms with Crippen molar-refractivity contribution in [3.8, 4) is 0 Å². The Morgan fingerprint density at radius 3 is 2.83 bits per heavy atom. The first kappa shape index (κ1) is 16.6. The van der Waals surface area contributed by atoms with E-state index in [1.807, 2.05) is 18.2 Å². The Bertz CT molecular complexity index is 627. The first-order chi connectivity index (χ1) is 11.7. The number of carbonyl (C=O) groups excluding carboxylic acids is 2. The highest BCUT2D eigenvalue weighted by molar-refractivity contribution is 5.80. The van der Waals surface area contributed by atoms with Crippen LogP contribution in [0.4, 0.5) is 4.79 Å². The molecule has 0 bridgehead atoms. The predicted octanol–water partition coefficient (Wildman–Crippen LogP) is 2.49. The van der Waals surface area contributed by atoms with E-state index in [1.54, 1.807) is 0 Å². The second-order valence-corrected chi connectivity index (χ2v) is 6.68. The molecule has 3 rings (SSSR count). The van der Waals surface area contributed by atoms with Gasteiger partial charge in [0.1, 0.15) is 0 Å². The summed E-state index contributed by atoms with van der Waals surface area (Å²) in [5.41, 5.74) is 2.13. The second-order valence-electron chi connectivity index (χ2n) is 6.68. The molecule has 0 aromatic heterocycles. The summed E-state index contributed by atoms with van der Waals surface area (Å²) in [7, 11) is 0. The van der Waals surface area contributed by atoms with Gasteiger partial charge in [0.05, 0.1) is 0 Å². The lowest BCUT2D eigenvalue weighted by Gasteiger charge is -2.42. The minimum atomic E-state index is -0.137. The summed E-state index contributed by atoms with van der Waals surface area (Å²) in [6.45, 7) is 1.19. The summed E-state index contributed by atoms with van der Waals surface area (Å²) in [6, 6.07) is 9.97. The molecular weight excluding hydrogens is 302 g/mol. The van der Waals surface area contributed by atoms with Gasteiger partial charge in [-0.1, -0.05) is 36.4 Å². The average molecular weight is 327 g/mol. The molecule has 0 saturated carbocycles. The van der Waals surface area contributed by atoms with Gasteiger partial charge < -0.3 is 16.0 Å². The van der Waals surface area contributed by atoms with Crippen molar-refractivity contribution in [3.63, 3.8) is 0 Å². The molecule has 0 radical (unpaired) electrons. The zero-order chi connectivity index (χ0) is 16.8. The summed E-state index contributed by atoms with van der Waals surface area (Å²) in [6.07, 6.45) is 7.42. The molecule has 1 unspecified atom stereocenters. The maximum atomic E-state index is 12.1. The molecule has 2 aliphatic rings. The van der Waals surface area contributed by atoms with E-state index in [4.69, 9.17) is 0 Å². The van der Waals surface area contributed by atoms with Gasteiger partial charge in [0.2, 0.25) is 5.91 Å². The van der Waals surface area contributed by atoms with Crippen molar-refractivity contribution in [3.05, 3.63) is 47.7 Å². The molecule has 1 saturated heterocycles. The number of urea groups is 1. The SMILES string of the molecule is O=C1CCC2(CNC(=O)NCCc3ccccc3)CCCC=C2N1. The van der Waals surface area contributed by atoms with Crippen molar-refractivity contribution in [2.75, 3.05) is 13.1 Å². The molecule has 24 heavy (non-hydrogen) atoms. The Labute approximate surface area is 142 Å². The van der Waals surface area contributed by atoms with Crippen LogP contribution in [-0.2, 0) is 11.2 Å². The second kappa shape index (κ2) is 7.51. The number of benzene rings is 1. The number of allylic oxidation sites excluding steroid dienone is 1. The van der Waals surface area contributed by atoms with Crippen molar-refractivity contribution in [2.45, 2.75) is 38.5 Å². The van der Waals surface area contributed by atoms with Gasteiger partial charge in [-0.05, 0) is 37.7 Å². The maximum absolute atomic E-state index is 12.1. The summed E-state index contributed by atoms with van der Waals surface area (Å²) >= 11 is 0. The van der Waals surface area contributed by atoms with Crippen LogP contribution in [0.3, 0.4) is 0 Å². The zero-order valence-corrected chi connectivity index (χ0v) is 13.9. The van der Waals surface area contributed by atoms with Crippen LogP contribution in [-0.4, -0.2) is 25.0 Å². The number of nitrogens with one attached hydrogen (secondary N) is 3. The minimum absolute atomic E-state index is 0.0890. The molecule has 1 aromatic rings. The Morgan fingerprint density at radius 1 is 1.17 bits per heavy atom. The molecule has 1 atom stereocenters. The van der Waals surface area contributed by atoms with Crippen LogP contribution in [0.2, 0.25) is 0 Å². The number of hydrogen-bond donors (Lipinski definition) is 3. The summed E-state index contributed by atoms with van der Waals surface area (Å²) in [5.74, 6) is 0.0890. The van der Waals surface area contributed by atoms with Gasteiger partial charge >= 0.3 is 6.03 Å². The zero-order valence-electron chi connectivity index (χ0n) is 13.9. The van der Waals surface area contributed by atoms with Crippen LogP contribution < -0.4 is 16.0 Å². The lowest BCUT2D eigenvalue weighted by atomic mass is 9.70. The van der Waals surface area contributed by atoms with Gasteiger partial charge in [-0.2, -0.15) is 0 Å². The van der Waals surface area contributed by atoms with Crippen molar-refractivity contribution in [1.29, 1.82) is 0 Å². The highest BCUT2D eigenvalue weighted by atomic mass is 16.2. The molecular formula is C19H25N3O2. The van der Waals surface area contributed by atoms with Gasteiger partial charge in [-0.15, -0.1) is 0 Å². The highest BCUT2D eigenvalue weighted by Gasteiger charge is 2.40. The molecule has 1 heterocycles. The van der Waals surface area contributed by atoms with E-state index >= 15 is 0 Å². The average Bonchev–Trinajstić information content (AvgIpc) is 2.61. The Morgan fingerprint density at radius 2 is 2.00 bits per heavy atom. The number of rotatable bonds is 5. The van der Waals surface area contributed by atoms with Crippen LogP contribution in [0.5, 0.6) is 0 Å². The van der Waals surface area contributed by atoms with Crippen LogP contribution >= 0.6 is 0 Å². The molecule has 1 aromatic carbocycles.